The van der Waals surface area contributed by atoms with Crippen LogP contribution < -0.4 is 0 Å². The van der Waals surface area contributed by atoms with Crippen LogP contribution in [0.2, 0.25) is 58.9 Å². The lowest BCUT2D eigenvalue weighted by Gasteiger charge is -2.45. The molecule has 0 saturated heterocycles. The number of rotatable bonds is 7. The molecule has 0 radical (unpaired) electrons. The maximum atomic E-state index is 6.36. The van der Waals surface area contributed by atoms with Gasteiger partial charge < -0.3 is 13.3 Å². The fraction of sp³-hybridized carbons (Fsp3) is 1.00. The molecule has 1 unspecified atom stereocenters. The highest BCUT2D eigenvalue weighted by Crippen LogP contribution is 2.30. The Morgan fingerprint density at radius 1 is 0.684 bits per heavy atom. The van der Waals surface area contributed by atoms with E-state index in [1.807, 2.05) is 6.92 Å². The summed E-state index contributed by atoms with van der Waals surface area (Å²) in [6.45, 7) is 23.9. The Morgan fingerprint density at radius 3 is 1.21 bits per heavy atom. The van der Waals surface area contributed by atoms with Crippen molar-refractivity contribution >= 4 is 25.0 Å². The molecule has 0 fully saturated rings. The van der Waals surface area contributed by atoms with Gasteiger partial charge in [0.25, 0.3) is 0 Å². The van der Waals surface area contributed by atoms with E-state index in [0.29, 0.717) is 0 Å². The van der Waals surface area contributed by atoms with Gasteiger partial charge in [-0.05, 0) is 72.8 Å². The van der Waals surface area contributed by atoms with Crippen molar-refractivity contribution in [3.8, 4) is 0 Å². The van der Waals surface area contributed by atoms with Gasteiger partial charge in [0.05, 0.1) is 6.10 Å². The molecule has 0 rings (SSSR count). The molecule has 0 aliphatic heterocycles. The molecule has 1 atom stereocenters. The molecule has 0 amide bonds. The van der Waals surface area contributed by atoms with Gasteiger partial charge in [-0.1, -0.05) is 0 Å². The van der Waals surface area contributed by atoms with Crippen molar-refractivity contribution in [3.05, 3.63) is 0 Å². The first-order valence-corrected chi connectivity index (χ1v) is 17.3. The predicted molar refractivity (Wildman–Crippen MR) is 91.2 cm³/mol. The molecule has 3 nitrogen and oxygen atoms in total. The van der Waals surface area contributed by atoms with Crippen LogP contribution in [0.1, 0.15) is 13.8 Å². The van der Waals surface area contributed by atoms with Crippen LogP contribution in [0.4, 0.5) is 0 Å². The van der Waals surface area contributed by atoms with Crippen LogP contribution in [0, 0.1) is 0 Å². The van der Waals surface area contributed by atoms with Gasteiger partial charge in [0, 0.05) is 0 Å². The Labute approximate surface area is 123 Å². The Bertz CT molecular complexity index is 271. The zero-order valence-corrected chi connectivity index (χ0v) is 17.8. The summed E-state index contributed by atoms with van der Waals surface area (Å²) in [7, 11) is -5.01. The summed E-state index contributed by atoms with van der Waals surface area (Å²) in [4.78, 5) is 0. The van der Waals surface area contributed by atoms with Crippen LogP contribution in [0.25, 0.3) is 0 Å². The summed E-state index contributed by atoms with van der Waals surface area (Å²) < 4.78 is 18.9. The molecule has 0 bridgehead atoms. The lowest BCUT2D eigenvalue weighted by molar-refractivity contribution is -0.172. The zero-order valence-electron chi connectivity index (χ0n) is 14.8. The highest BCUT2D eigenvalue weighted by Gasteiger charge is 2.43. The van der Waals surface area contributed by atoms with E-state index in [1.165, 1.54) is 0 Å². The van der Waals surface area contributed by atoms with Crippen molar-refractivity contribution in [2.24, 2.45) is 0 Å². The lowest BCUT2D eigenvalue weighted by Crippen LogP contribution is -2.56. The summed E-state index contributed by atoms with van der Waals surface area (Å²) in [5, 5.41) is 0. The SMILES string of the molecule is CC(O[Si](C)(C)C)C(C)(O[Si](C)(C)C)O[Si](C)(C)C. The molecule has 0 N–H and O–H groups in total. The molecule has 0 heterocycles. The van der Waals surface area contributed by atoms with Gasteiger partial charge in [-0.2, -0.15) is 0 Å². The van der Waals surface area contributed by atoms with E-state index >= 15 is 0 Å². The van der Waals surface area contributed by atoms with Crippen molar-refractivity contribution in [3.63, 3.8) is 0 Å². The number of hydrogen-bond donors (Lipinski definition) is 0. The second-order valence-corrected chi connectivity index (χ2v) is 21.6. The monoisotopic (exact) mass is 322 g/mol. The first-order valence-electron chi connectivity index (χ1n) is 7.12. The molecule has 19 heavy (non-hydrogen) atoms. The van der Waals surface area contributed by atoms with Crippen molar-refractivity contribution in [1.82, 2.24) is 0 Å². The second kappa shape index (κ2) is 6.11. The summed E-state index contributed by atoms with van der Waals surface area (Å²) in [5.41, 5.74) is 0. The first kappa shape index (κ1) is 19.5. The normalized spacial score (nSPS) is 16.6. The average Bonchev–Trinajstić information content (AvgIpc) is 1.91. The van der Waals surface area contributed by atoms with Gasteiger partial charge in [0.2, 0.25) is 0 Å². The van der Waals surface area contributed by atoms with E-state index in [-0.39, 0.29) is 6.10 Å². The fourth-order valence-corrected chi connectivity index (χ4v) is 6.25. The molecule has 0 aliphatic carbocycles. The maximum Gasteiger partial charge on any atom is 0.187 e. The van der Waals surface area contributed by atoms with Crippen molar-refractivity contribution in [1.29, 1.82) is 0 Å². The van der Waals surface area contributed by atoms with Gasteiger partial charge >= 0.3 is 0 Å². The topological polar surface area (TPSA) is 27.7 Å². The average molecular weight is 323 g/mol. The van der Waals surface area contributed by atoms with E-state index in [4.69, 9.17) is 13.3 Å². The van der Waals surface area contributed by atoms with Gasteiger partial charge in [0.15, 0.2) is 30.7 Å². The van der Waals surface area contributed by atoms with E-state index in [0.717, 1.165) is 0 Å². The molecular weight excluding hydrogens is 288 g/mol. The summed E-state index contributed by atoms with van der Waals surface area (Å²) >= 11 is 0. The Morgan fingerprint density at radius 2 is 1.00 bits per heavy atom. The van der Waals surface area contributed by atoms with E-state index in [9.17, 15) is 0 Å². The molecule has 0 aromatic heterocycles. The molecule has 0 aliphatic rings. The first-order chi connectivity index (χ1) is 8.04. The number of hydrogen-bond acceptors (Lipinski definition) is 3. The van der Waals surface area contributed by atoms with Crippen LogP contribution >= 0.6 is 0 Å². The van der Waals surface area contributed by atoms with Gasteiger partial charge in [-0.25, -0.2) is 0 Å². The highest BCUT2D eigenvalue weighted by molar-refractivity contribution is 6.71. The van der Waals surface area contributed by atoms with Gasteiger partial charge in [-0.15, -0.1) is 0 Å². The van der Waals surface area contributed by atoms with Crippen LogP contribution in [0.15, 0.2) is 0 Å². The summed E-state index contributed by atoms with van der Waals surface area (Å²) in [6, 6.07) is 0. The molecular formula is C13H34O3Si3. The third-order valence-electron chi connectivity index (χ3n) is 2.29. The summed E-state index contributed by atoms with van der Waals surface area (Å²) in [5.74, 6) is -0.630. The van der Waals surface area contributed by atoms with Crippen LogP contribution in [-0.4, -0.2) is 36.8 Å². The smallest absolute Gasteiger partial charge is 0.187 e. The minimum Gasteiger partial charge on any atom is -0.410 e. The molecule has 116 valence electrons. The van der Waals surface area contributed by atoms with E-state index in [1.54, 1.807) is 0 Å². The highest BCUT2D eigenvalue weighted by atomic mass is 28.4. The summed E-state index contributed by atoms with van der Waals surface area (Å²) in [6.07, 6.45) is -0.0439. The quantitative estimate of drug-likeness (QED) is 0.504. The largest absolute Gasteiger partial charge is 0.410 e. The third kappa shape index (κ3) is 9.15. The van der Waals surface area contributed by atoms with Gasteiger partial charge in [-0.3, -0.25) is 0 Å². The molecule has 6 heteroatoms. The van der Waals surface area contributed by atoms with Gasteiger partial charge in [0.1, 0.15) is 0 Å². The Balaban J connectivity index is 5.15. The van der Waals surface area contributed by atoms with Crippen LogP contribution in [0.3, 0.4) is 0 Å². The molecule has 0 aromatic rings. The van der Waals surface area contributed by atoms with E-state index < -0.39 is 30.7 Å². The zero-order chi connectivity index (χ0) is 15.7. The minimum atomic E-state index is -1.70. The molecule has 0 spiro atoms. The second-order valence-electron chi connectivity index (χ2n) is 8.32. The fourth-order valence-electron chi connectivity index (χ4n) is 2.04. The van der Waals surface area contributed by atoms with Crippen molar-refractivity contribution in [2.75, 3.05) is 0 Å². The Kier molecular flexibility index (Phi) is 6.28. The minimum absolute atomic E-state index is 0.0439. The standard InChI is InChI=1S/C13H34O3Si3/c1-12(14-17(3,4)5)13(2,15-18(6,7)8)16-19(9,10)11/h12H,1-11H3. The predicted octanol–water partition coefficient (Wildman–Crippen LogP) is 4.65. The van der Waals surface area contributed by atoms with Crippen molar-refractivity contribution < 1.29 is 13.3 Å². The van der Waals surface area contributed by atoms with Crippen LogP contribution in [-0.2, 0) is 13.3 Å². The third-order valence-corrected chi connectivity index (χ3v) is 5.38. The van der Waals surface area contributed by atoms with Crippen LogP contribution in [0.5, 0.6) is 0 Å². The van der Waals surface area contributed by atoms with Crippen molar-refractivity contribution in [2.45, 2.75) is 84.7 Å². The Hall–Kier alpha value is 0.531. The molecule has 0 saturated carbocycles. The lowest BCUT2D eigenvalue weighted by atomic mass is 10.2. The molecule has 0 aromatic carbocycles. The maximum absolute atomic E-state index is 6.36. The van der Waals surface area contributed by atoms with E-state index in [2.05, 4.69) is 65.8 Å².